The molecule has 7 aromatic rings. The molecule has 0 bridgehead atoms. The van der Waals surface area contributed by atoms with Crippen LogP contribution in [0.25, 0.3) is 27.7 Å². The molecular formula is C39H35N5O5. The van der Waals surface area contributed by atoms with Gasteiger partial charge in [0.2, 0.25) is 0 Å². The summed E-state index contributed by atoms with van der Waals surface area (Å²) in [7, 11) is 3.22. The van der Waals surface area contributed by atoms with Crippen LogP contribution in [0.4, 0.5) is 4.79 Å². The zero-order chi connectivity index (χ0) is 33.7. The number of fused-ring (bicyclic) bond motifs is 2. The van der Waals surface area contributed by atoms with Crippen LogP contribution in [-0.4, -0.2) is 39.2 Å². The van der Waals surface area contributed by atoms with Gasteiger partial charge < -0.3 is 33.5 Å². The number of hydrogen-bond donors (Lipinski definition) is 2. The summed E-state index contributed by atoms with van der Waals surface area (Å²) < 4.78 is 20.1. The third-order valence-electron chi connectivity index (χ3n) is 8.57. The van der Waals surface area contributed by atoms with E-state index in [2.05, 4.69) is 15.3 Å². The maximum atomic E-state index is 14.0. The minimum absolute atomic E-state index is 0.119. The lowest BCUT2D eigenvalue weighted by atomic mass is 10.1. The maximum Gasteiger partial charge on any atom is 0.407 e. The van der Waals surface area contributed by atoms with Gasteiger partial charge in [-0.1, -0.05) is 54.6 Å². The molecule has 246 valence electrons. The average Bonchev–Trinajstić information content (AvgIpc) is 3.78. The first kappa shape index (κ1) is 31.3. The quantitative estimate of drug-likeness (QED) is 0.160. The van der Waals surface area contributed by atoms with Crippen molar-refractivity contribution in [3.8, 4) is 22.6 Å². The number of methoxy groups -OCH3 is 2. The number of amides is 1. The number of carbonyl (C=O) groups is 1. The highest BCUT2D eigenvalue weighted by molar-refractivity contribution is 5.94. The first-order valence-electron chi connectivity index (χ1n) is 15.9. The Labute approximate surface area is 282 Å². The van der Waals surface area contributed by atoms with Crippen molar-refractivity contribution in [3.63, 3.8) is 0 Å². The molecule has 4 aromatic heterocycles. The summed E-state index contributed by atoms with van der Waals surface area (Å²) in [5.41, 5.74) is 7.83. The van der Waals surface area contributed by atoms with Crippen LogP contribution in [-0.2, 0) is 30.9 Å². The highest BCUT2D eigenvalue weighted by Crippen LogP contribution is 2.30. The normalized spacial score (nSPS) is 11.1. The van der Waals surface area contributed by atoms with Crippen LogP contribution < -0.4 is 20.3 Å². The molecule has 0 aliphatic rings. The van der Waals surface area contributed by atoms with Crippen LogP contribution in [0, 0.1) is 0 Å². The number of pyridine rings is 1. The number of nitrogens with zero attached hydrogens (tertiary/aromatic N) is 3. The third-order valence-corrected chi connectivity index (χ3v) is 8.57. The molecular weight excluding hydrogens is 618 g/mol. The highest BCUT2D eigenvalue weighted by atomic mass is 16.5. The van der Waals surface area contributed by atoms with Gasteiger partial charge in [-0.15, -0.1) is 0 Å². The van der Waals surface area contributed by atoms with E-state index in [-0.39, 0.29) is 12.2 Å². The Balaban J connectivity index is 1.17. The number of benzene rings is 3. The van der Waals surface area contributed by atoms with Gasteiger partial charge >= 0.3 is 6.09 Å². The topological polar surface area (TPSA) is 112 Å². The highest BCUT2D eigenvalue weighted by Gasteiger charge is 2.17. The molecule has 10 heteroatoms. The number of nitrogens with one attached hydrogen (secondary N) is 2. The summed E-state index contributed by atoms with van der Waals surface area (Å²) in [6.07, 6.45) is 7.70. The molecule has 0 fully saturated rings. The Bertz CT molecular complexity index is 2310. The molecule has 0 aliphatic heterocycles. The van der Waals surface area contributed by atoms with Crippen LogP contribution in [0.15, 0.2) is 121 Å². The Morgan fingerprint density at radius 3 is 2.49 bits per heavy atom. The van der Waals surface area contributed by atoms with E-state index in [1.165, 1.54) is 0 Å². The van der Waals surface area contributed by atoms with Crippen molar-refractivity contribution in [3.05, 3.63) is 154 Å². The fraction of sp³-hybridized carbons (Fsp3) is 0.154. The van der Waals surface area contributed by atoms with Crippen molar-refractivity contribution >= 4 is 22.6 Å². The molecule has 1 amide bonds. The second-order valence-electron chi connectivity index (χ2n) is 11.7. The van der Waals surface area contributed by atoms with Gasteiger partial charge in [0, 0.05) is 71.6 Å². The van der Waals surface area contributed by atoms with Crippen molar-refractivity contribution in [1.29, 1.82) is 0 Å². The number of aromatic amines is 1. The Morgan fingerprint density at radius 2 is 1.69 bits per heavy atom. The molecule has 0 spiro atoms. The van der Waals surface area contributed by atoms with Gasteiger partial charge in [-0.25, -0.2) is 9.78 Å². The Morgan fingerprint density at radius 1 is 0.878 bits per heavy atom. The molecule has 49 heavy (non-hydrogen) atoms. The van der Waals surface area contributed by atoms with Gasteiger partial charge in [0.05, 0.1) is 20.8 Å². The number of H-pyrrole nitrogens is 1. The first-order valence-corrected chi connectivity index (χ1v) is 15.9. The van der Waals surface area contributed by atoms with Crippen LogP contribution in [0.2, 0.25) is 0 Å². The predicted octanol–water partition coefficient (Wildman–Crippen LogP) is 6.73. The number of hydrogen-bond acceptors (Lipinski definition) is 6. The van der Waals surface area contributed by atoms with Crippen molar-refractivity contribution in [1.82, 2.24) is 24.3 Å². The minimum atomic E-state index is -0.472. The van der Waals surface area contributed by atoms with Crippen molar-refractivity contribution < 1.29 is 19.0 Å². The van der Waals surface area contributed by atoms with Gasteiger partial charge in [0.15, 0.2) is 0 Å². The molecule has 0 radical (unpaired) electrons. The van der Waals surface area contributed by atoms with E-state index in [1.54, 1.807) is 25.0 Å². The van der Waals surface area contributed by atoms with E-state index in [9.17, 15) is 9.59 Å². The summed E-state index contributed by atoms with van der Waals surface area (Å²) in [6, 6.07) is 29.1. The fourth-order valence-electron chi connectivity index (χ4n) is 6.00. The van der Waals surface area contributed by atoms with Gasteiger partial charge in [-0.3, -0.25) is 4.79 Å². The molecule has 0 saturated heterocycles. The number of ether oxygens (including phenoxy) is 3. The van der Waals surface area contributed by atoms with Gasteiger partial charge in [0.25, 0.3) is 5.56 Å². The van der Waals surface area contributed by atoms with Crippen LogP contribution in [0.1, 0.15) is 27.9 Å². The number of rotatable bonds is 11. The standard InChI is InChI=1S/C39H35N5O5/c1-47-32-15-14-29(36(19-32)48-2)22-43-24-31(44-23-30(18-35(44)38(43)45)34-21-41-37-33(34)9-6-16-40-37)17-26-10-12-27(13-11-26)20-42-39(46)49-25-28-7-4-3-5-8-28/h3-16,18-19,21,23-24H,17,20,22,25H2,1-2H3,(H,40,41)(H,42,46). The summed E-state index contributed by atoms with van der Waals surface area (Å²) in [5.74, 6) is 1.32. The van der Waals surface area contributed by atoms with Crippen LogP contribution in [0.3, 0.4) is 0 Å². The lowest BCUT2D eigenvalue weighted by molar-refractivity contribution is 0.139. The molecule has 0 unspecified atom stereocenters. The summed E-state index contributed by atoms with van der Waals surface area (Å²) >= 11 is 0. The van der Waals surface area contributed by atoms with Crippen molar-refractivity contribution in [2.75, 3.05) is 14.2 Å². The predicted molar refractivity (Wildman–Crippen MR) is 188 cm³/mol. The summed E-state index contributed by atoms with van der Waals surface area (Å²) in [4.78, 5) is 34.0. The Kier molecular flexibility index (Phi) is 8.84. The SMILES string of the molecule is COc1ccc(Cn2cc(Cc3ccc(CNC(=O)OCc4ccccc4)cc3)n3cc(-c4c[nH]c5ncccc45)cc3c2=O)c(OC)c1. The van der Waals surface area contributed by atoms with Crippen LogP contribution >= 0.6 is 0 Å². The minimum Gasteiger partial charge on any atom is -0.497 e. The molecule has 3 aromatic carbocycles. The van der Waals surface area contributed by atoms with Crippen molar-refractivity contribution in [2.24, 2.45) is 0 Å². The molecule has 2 N–H and O–H groups in total. The van der Waals surface area contributed by atoms with Crippen molar-refractivity contribution in [2.45, 2.75) is 26.1 Å². The van der Waals surface area contributed by atoms with Gasteiger partial charge in [0.1, 0.15) is 29.3 Å². The smallest absolute Gasteiger partial charge is 0.407 e. The Hall–Kier alpha value is -6.29. The fourth-order valence-corrected chi connectivity index (χ4v) is 6.00. The number of carbonyl (C=O) groups excluding carboxylic acids is 1. The lowest BCUT2D eigenvalue weighted by Crippen LogP contribution is -2.24. The maximum absolute atomic E-state index is 14.0. The second kappa shape index (κ2) is 13.8. The monoisotopic (exact) mass is 653 g/mol. The van der Waals surface area contributed by atoms with E-state index >= 15 is 0 Å². The van der Waals surface area contributed by atoms with E-state index in [0.29, 0.717) is 36.5 Å². The zero-order valence-corrected chi connectivity index (χ0v) is 27.2. The third kappa shape index (κ3) is 6.75. The van der Waals surface area contributed by atoms with E-state index in [4.69, 9.17) is 14.2 Å². The molecule has 7 rings (SSSR count). The lowest BCUT2D eigenvalue weighted by Gasteiger charge is -2.15. The molecule has 0 saturated carbocycles. The van der Waals surface area contributed by atoms with Crippen LogP contribution in [0.5, 0.6) is 11.5 Å². The summed E-state index contributed by atoms with van der Waals surface area (Å²) in [6.45, 7) is 0.872. The van der Waals surface area contributed by atoms with E-state index in [1.807, 2.05) is 114 Å². The second-order valence-corrected chi connectivity index (χ2v) is 11.7. The van der Waals surface area contributed by atoms with Gasteiger partial charge in [-0.05, 0) is 47.0 Å². The molecule has 0 atom stereocenters. The zero-order valence-electron chi connectivity index (χ0n) is 27.2. The first-order chi connectivity index (χ1) is 24.0. The van der Waals surface area contributed by atoms with E-state index < -0.39 is 6.09 Å². The number of alkyl carbamates (subject to hydrolysis) is 1. The number of aromatic nitrogens is 4. The average molecular weight is 654 g/mol. The van der Waals surface area contributed by atoms with Gasteiger partial charge in [-0.2, -0.15) is 0 Å². The molecule has 4 heterocycles. The summed E-state index contributed by atoms with van der Waals surface area (Å²) in [5, 5.41) is 3.80. The largest absolute Gasteiger partial charge is 0.497 e. The van der Waals surface area contributed by atoms with E-state index in [0.717, 1.165) is 50.1 Å². The molecule has 0 aliphatic carbocycles. The molecule has 10 nitrogen and oxygen atoms in total.